The van der Waals surface area contributed by atoms with Crippen LogP contribution in [0.1, 0.15) is 21.7 Å². The lowest BCUT2D eigenvalue weighted by Crippen LogP contribution is -2.08. The van der Waals surface area contributed by atoms with E-state index in [1.54, 1.807) is 24.3 Å². The Kier molecular flexibility index (Phi) is 3.40. The number of fused-ring (bicyclic) bond motifs is 1. The fourth-order valence-electron chi connectivity index (χ4n) is 2.35. The quantitative estimate of drug-likeness (QED) is 0.689. The van der Waals surface area contributed by atoms with Gasteiger partial charge in [0.15, 0.2) is 5.78 Å². The van der Waals surface area contributed by atoms with Crippen LogP contribution in [0.5, 0.6) is 0 Å². The van der Waals surface area contributed by atoms with Crippen LogP contribution in [0.25, 0.3) is 10.8 Å². The molecule has 0 unspecified atom stereocenters. The van der Waals surface area contributed by atoms with Crippen molar-refractivity contribution in [3.8, 4) is 0 Å². The standard InChI is InChI=1S/C18H14O3/c1-12-5-4-7-14(9-12)17(19)11-15-10-13-6-2-3-8-16(13)18(20)21-15/h2-10H,11H2,1H3. The maximum Gasteiger partial charge on any atom is 0.343 e. The summed E-state index contributed by atoms with van der Waals surface area (Å²) >= 11 is 0. The Balaban J connectivity index is 1.95. The first-order valence-corrected chi connectivity index (χ1v) is 6.75. The highest BCUT2D eigenvalue weighted by molar-refractivity contribution is 5.97. The van der Waals surface area contributed by atoms with Crippen LogP contribution in [0, 0.1) is 6.92 Å². The Morgan fingerprint density at radius 1 is 1.05 bits per heavy atom. The van der Waals surface area contributed by atoms with Crippen LogP contribution in [0.2, 0.25) is 0 Å². The van der Waals surface area contributed by atoms with E-state index in [1.807, 2.05) is 37.3 Å². The van der Waals surface area contributed by atoms with E-state index in [-0.39, 0.29) is 12.2 Å². The zero-order chi connectivity index (χ0) is 14.8. The number of ketones is 1. The van der Waals surface area contributed by atoms with Gasteiger partial charge in [0.2, 0.25) is 0 Å². The molecule has 3 heteroatoms. The van der Waals surface area contributed by atoms with Crippen molar-refractivity contribution in [3.05, 3.63) is 81.9 Å². The highest BCUT2D eigenvalue weighted by Gasteiger charge is 2.11. The number of benzene rings is 2. The first-order valence-electron chi connectivity index (χ1n) is 6.75. The Labute approximate surface area is 121 Å². The molecular formula is C18H14O3. The van der Waals surface area contributed by atoms with Gasteiger partial charge >= 0.3 is 5.63 Å². The Morgan fingerprint density at radius 3 is 2.67 bits per heavy atom. The number of hydrogen-bond acceptors (Lipinski definition) is 3. The summed E-state index contributed by atoms with van der Waals surface area (Å²) in [6, 6.07) is 16.3. The topological polar surface area (TPSA) is 47.3 Å². The van der Waals surface area contributed by atoms with Crippen LogP contribution < -0.4 is 5.63 Å². The van der Waals surface area contributed by atoms with Crippen molar-refractivity contribution in [1.29, 1.82) is 0 Å². The predicted molar refractivity (Wildman–Crippen MR) is 81.7 cm³/mol. The van der Waals surface area contributed by atoms with Gasteiger partial charge in [0.25, 0.3) is 0 Å². The lowest BCUT2D eigenvalue weighted by molar-refractivity contribution is 0.0986. The molecule has 0 fully saturated rings. The summed E-state index contributed by atoms with van der Waals surface area (Å²) in [5.41, 5.74) is 1.26. The second-order valence-electron chi connectivity index (χ2n) is 5.06. The van der Waals surface area contributed by atoms with E-state index in [0.29, 0.717) is 16.7 Å². The van der Waals surface area contributed by atoms with E-state index in [4.69, 9.17) is 4.42 Å². The van der Waals surface area contributed by atoms with Crippen LogP contribution in [0.4, 0.5) is 0 Å². The zero-order valence-corrected chi connectivity index (χ0v) is 11.6. The van der Waals surface area contributed by atoms with Gasteiger partial charge in [-0.3, -0.25) is 4.79 Å². The smallest absolute Gasteiger partial charge is 0.343 e. The lowest BCUT2D eigenvalue weighted by atomic mass is 10.0. The minimum atomic E-state index is -0.403. The third kappa shape index (κ3) is 2.77. The summed E-state index contributed by atoms with van der Waals surface area (Å²) in [7, 11) is 0. The molecule has 1 aromatic heterocycles. The van der Waals surface area contributed by atoms with Crippen LogP contribution in [-0.4, -0.2) is 5.78 Å². The van der Waals surface area contributed by atoms with Gasteiger partial charge in [-0.05, 0) is 30.5 Å². The molecule has 104 valence electrons. The molecule has 3 aromatic rings. The molecule has 0 N–H and O–H groups in total. The van der Waals surface area contributed by atoms with Gasteiger partial charge < -0.3 is 4.42 Å². The number of carbonyl (C=O) groups is 1. The Hall–Kier alpha value is -2.68. The van der Waals surface area contributed by atoms with Gasteiger partial charge in [-0.15, -0.1) is 0 Å². The Bertz CT molecular complexity index is 875. The summed E-state index contributed by atoms with van der Waals surface area (Å²) in [5, 5.41) is 1.32. The van der Waals surface area contributed by atoms with Crippen molar-refractivity contribution in [2.75, 3.05) is 0 Å². The molecule has 0 aliphatic heterocycles. The molecule has 0 aliphatic carbocycles. The van der Waals surface area contributed by atoms with Gasteiger partial charge in [0.1, 0.15) is 5.76 Å². The predicted octanol–water partition coefficient (Wildman–Crippen LogP) is 3.53. The molecule has 21 heavy (non-hydrogen) atoms. The first-order chi connectivity index (χ1) is 10.1. The molecule has 2 aromatic carbocycles. The molecule has 0 bridgehead atoms. The molecule has 1 heterocycles. The third-order valence-electron chi connectivity index (χ3n) is 3.40. The summed E-state index contributed by atoms with van der Waals surface area (Å²) < 4.78 is 5.24. The minimum absolute atomic E-state index is 0.0582. The van der Waals surface area contributed by atoms with Crippen LogP contribution in [0.3, 0.4) is 0 Å². The van der Waals surface area contributed by atoms with Crippen LogP contribution in [0.15, 0.2) is 63.8 Å². The van der Waals surface area contributed by atoms with Crippen molar-refractivity contribution < 1.29 is 9.21 Å². The molecule has 0 radical (unpaired) electrons. The minimum Gasteiger partial charge on any atom is -0.427 e. The highest BCUT2D eigenvalue weighted by Crippen LogP contribution is 2.14. The zero-order valence-electron chi connectivity index (χ0n) is 11.6. The van der Waals surface area contributed by atoms with E-state index in [0.717, 1.165) is 10.9 Å². The van der Waals surface area contributed by atoms with Gasteiger partial charge in [-0.25, -0.2) is 4.79 Å². The van der Waals surface area contributed by atoms with E-state index in [2.05, 4.69) is 0 Å². The molecule has 3 nitrogen and oxygen atoms in total. The number of Topliss-reactive ketones (excluding diaryl/α,β-unsaturated/α-hetero) is 1. The van der Waals surface area contributed by atoms with Crippen molar-refractivity contribution >= 4 is 16.6 Å². The first kappa shape index (κ1) is 13.3. The molecule has 3 rings (SSSR count). The van der Waals surface area contributed by atoms with Crippen molar-refractivity contribution in [3.63, 3.8) is 0 Å². The largest absolute Gasteiger partial charge is 0.427 e. The molecule has 0 saturated carbocycles. The van der Waals surface area contributed by atoms with Gasteiger partial charge in [0.05, 0.1) is 11.8 Å². The maximum absolute atomic E-state index is 12.3. The molecule has 0 atom stereocenters. The van der Waals surface area contributed by atoms with Crippen molar-refractivity contribution in [1.82, 2.24) is 0 Å². The summed E-state index contributed by atoms with van der Waals surface area (Å²) in [6.07, 6.45) is 0.0868. The van der Waals surface area contributed by atoms with Gasteiger partial charge in [0, 0.05) is 5.56 Å². The summed E-state index contributed by atoms with van der Waals surface area (Å²) in [4.78, 5) is 24.1. The second kappa shape index (κ2) is 5.37. The number of aryl methyl sites for hydroxylation is 1. The van der Waals surface area contributed by atoms with Gasteiger partial charge in [-0.1, -0.05) is 42.0 Å². The molecular weight excluding hydrogens is 264 g/mol. The van der Waals surface area contributed by atoms with Gasteiger partial charge in [-0.2, -0.15) is 0 Å². The SMILES string of the molecule is Cc1cccc(C(=O)Cc2cc3ccccc3c(=O)o2)c1. The molecule has 0 amide bonds. The fourth-order valence-corrected chi connectivity index (χ4v) is 2.35. The second-order valence-corrected chi connectivity index (χ2v) is 5.06. The van der Waals surface area contributed by atoms with E-state index in [1.165, 1.54) is 0 Å². The number of rotatable bonds is 3. The lowest BCUT2D eigenvalue weighted by Gasteiger charge is -2.03. The average molecular weight is 278 g/mol. The monoisotopic (exact) mass is 278 g/mol. The third-order valence-corrected chi connectivity index (χ3v) is 3.40. The van der Waals surface area contributed by atoms with Crippen molar-refractivity contribution in [2.45, 2.75) is 13.3 Å². The fraction of sp³-hybridized carbons (Fsp3) is 0.111. The molecule has 0 aliphatic rings. The number of carbonyl (C=O) groups excluding carboxylic acids is 1. The van der Waals surface area contributed by atoms with E-state index >= 15 is 0 Å². The average Bonchev–Trinajstić information content (AvgIpc) is 2.47. The normalized spacial score (nSPS) is 10.7. The van der Waals surface area contributed by atoms with E-state index in [9.17, 15) is 9.59 Å². The van der Waals surface area contributed by atoms with Crippen molar-refractivity contribution in [2.24, 2.45) is 0 Å². The molecule has 0 saturated heterocycles. The summed E-state index contributed by atoms with van der Waals surface area (Å²) in [6.45, 7) is 1.94. The molecule has 0 spiro atoms. The van der Waals surface area contributed by atoms with Crippen LogP contribution in [-0.2, 0) is 6.42 Å². The summed E-state index contributed by atoms with van der Waals surface area (Å²) in [5.74, 6) is 0.335. The Morgan fingerprint density at radius 2 is 1.86 bits per heavy atom. The van der Waals surface area contributed by atoms with Crippen LogP contribution >= 0.6 is 0 Å². The highest BCUT2D eigenvalue weighted by atomic mass is 16.4. The number of hydrogen-bond donors (Lipinski definition) is 0. The van der Waals surface area contributed by atoms with E-state index < -0.39 is 5.63 Å². The maximum atomic E-state index is 12.3.